The molecule has 10 atom stereocenters. The molecule has 7 heteroatoms. The molecule has 4 aliphatic carbocycles. The molecule has 0 amide bonds. The third kappa shape index (κ3) is 3.73. The molecule has 7 nitrogen and oxygen atoms in total. The van der Waals surface area contributed by atoms with Crippen molar-refractivity contribution in [3.8, 4) is 0 Å². The number of rotatable bonds is 5. The molecule has 3 saturated carbocycles. The van der Waals surface area contributed by atoms with E-state index >= 15 is 0 Å². The van der Waals surface area contributed by atoms with Crippen LogP contribution in [0.4, 0.5) is 0 Å². The molecule has 0 spiro atoms. The highest BCUT2D eigenvalue weighted by Gasteiger charge is 2.67. The highest BCUT2D eigenvalue weighted by molar-refractivity contribution is 5.95. The summed E-state index contributed by atoms with van der Waals surface area (Å²) in [6.45, 7) is 8.75. The van der Waals surface area contributed by atoms with Crippen molar-refractivity contribution in [3.63, 3.8) is 0 Å². The first-order valence-electron chi connectivity index (χ1n) is 12.9. The second-order valence-corrected chi connectivity index (χ2v) is 13.1. The summed E-state index contributed by atoms with van der Waals surface area (Å²) in [6.07, 6.45) is 1.67. The molecule has 4 aliphatic rings. The predicted octanol–water partition coefficient (Wildman–Crippen LogP) is 1.22. The van der Waals surface area contributed by atoms with E-state index in [4.69, 9.17) is 0 Å². The molecule has 0 aliphatic heterocycles. The maximum atomic E-state index is 13.9. The second kappa shape index (κ2) is 8.09. The van der Waals surface area contributed by atoms with Crippen LogP contribution in [0.15, 0.2) is 11.6 Å². The maximum Gasteiger partial charge on any atom is 0.159 e. The first-order chi connectivity index (χ1) is 15.5. The van der Waals surface area contributed by atoms with Gasteiger partial charge in [0.2, 0.25) is 0 Å². The highest BCUT2D eigenvalue weighted by atomic mass is 16.3. The maximum absolute atomic E-state index is 13.9. The Morgan fingerprint density at radius 2 is 1.76 bits per heavy atom. The molecule has 0 heterocycles. The van der Waals surface area contributed by atoms with Crippen LogP contribution in [-0.4, -0.2) is 66.4 Å². The van der Waals surface area contributed by atoms with E-state index in [2.05, 4.69) is 0 Å². The van der Waals surface area contributed by atoms with Crippen LogP contribution in [0.25, 0.3) is 0 Å². The van der Waals surface area contributed by atoms with Crippen molar-refractivity contribution < 1.29 is 35.4 Å². The van der Waals surface area contributed by atoms with Crippen LogP contribution in [0.5, 0.6) is 0 Å². The van der Waals surface area contributed by atoms with Crippen molar-refractivity contribution in [1.82, 2.24) is 0 Å². The number of ketones is 1. The Bertz CT molecular complexity index is 860. The van der Waals surface area contributed by atoms with E-state index in [1.165, 1.54) is 6.92 Å². The molecule has 4 rings (SSSR count). The number of fused-ring (bicyclic) bond motifs is 5. The van der Waals surface area contributed by atoms with Crippen LogP contribution in [-0.2, 0) is 4.79 Å². The van der Waals surface area contributed by atoms with Gasteiger partial charge in [-0.2, -0.15) is 0 Å². The monoisotopic (exact) mass is 479 g/mol. The van der Waals surface area contributed by atoms with Gasteiger partial charge >= 0.3 is 0 Å². The van der Waals surface area contributed by atoms with Crippen molar-refractivity contribution >= 4 is 5.78 Å². The van der Waals surface area contributed by atoms with Crippen molar-refractivity contribution in [2.24, 2.45) is 28.6 Å². The Hall–Kier alpha value is -0.830. The molecular formula is C27H43O7-. The molecule has 0 aromatic rings. The number of carbonyl (C=O) groups excluding carboxylic acids is 1. The summed E-state index contributed by atoms with van der Waals surface area (Å²) in [5.41, 5.74) is -4.69. The van der Waals surface area contributed by atoms with Crippen LogP contribution in [0.1, 0.15) is 86.0 Å². The highest BCUT2D eigenvalue weighted by Crippen LogP contribution is 2.68. The Labute approximate surface area is 202 Å². The van der Waals surface area contributed by atoms with E-state index in [1.54, 1.807) is 19.9 Å². The van der Waals surface area contributed by atoms with E-state index in [1.807, 2.05) is 13.8 Å². The zero-order valence-electron chi connectivity index (χ0n) is 21.3. The molecule has 3 fully saturated rings. The lowest BCUT2D eigenvalue weighted by Crippen LogP contribution is -2.65. The van der Waals surface area contributed by atoms with Gasteiger partial charge in [0.05, 0.1) is 23.4 Å². The van der Waals surface area contributed by atoms with Gasteiger partial charge in [-0.1, -0.05) is 26.4 Å². The first-order valence-corrected chi connectivity index (χ1v) is 12.9. The average Bonchev–Trinajstić information content (AvgIpc) is 3.00. The lowest BCUT2D eigenvalue weighted by Gasteiger charge is -2.62. The molecule has 0 aromatic carbocycles. The van der Waals surface area contributed by atoms with Crippen molar-refractivity contribution in [3.05, 3.63) is 11.6 Å². The summed E-state index contributed by atoms with van der Waals surface area (Å²) in [4.78, 5) is 13.2. The minimum absolute atomic E-state index is 0.104. The van der Waals surface area contributed by atoms with Gasteiger partial charge in [0.1, 0.15) is 0 Å². The minimum Gasteiger partial charge on any atom is -0.848 e. The van der Waals surface area contributed by atoms with Gasteiger partial charge in [-0.25, -0.2) is 0 Å². The zero-order valence-corrected chi connectivity index (χ0v) is 21.3. The Morgan fingerprint density at radius 3 is 2.38 bits per heavy atom. The zero-order chi connectivity index (χ0) is 25.5. The minimum atomic E-state index is -1.71. The van der Waals surface area contributed by atoms with Gasteiger partial charge in [-0.05, 0) is 94.1 Å². The molecular weight excluding hydrogens is 436 g/mol. The van der Waals surface area contributed by atoms with Gasteiger partial charge in [-0.15, -0.1) is 0 Å². The molecule has 0 bridgehead atoms. The molecule has 0 aromatic heterocycles. The number of carbonyl (C=O) groups is 1. The fourth-order valence-electron chi connectivity index (χ4n) is 8.30. The van der Waals surface area contributed by atoms with E-state index in [0.29, 0.717) is 44.1 Å². The van der Waals surface area contributed by atoms with Crippen molar-refractivity contribution in [2.75, 3.05) is 0 Å². The van der Waals surface area contributed by atoms with Crippen LogP contribution >= 0.6 is 0 Å². The van der Waals surface area contributed by atoms with Crippen LogP contribution in [0, 0.1) is 28.6 Å². The summed E-state index contributed by atoms with van der Waals surface area (Å²) in [7, 11) is 0. The number of hydrogen-bond donors (Lipinski definition) is 5. The third-order valence-electron chi connectivity index (χ3n) is 10.5. The van der Waals surface area contributed by atoms with Gasteiger partial charge in [-0.3, -0.25) is 4.79 Å². The molecule has 5 N–H and O–H groups in total. The fraction of sp³-hybridized carbons (Fsp3) is 0.889. The predicted molar refractivity (Wildman–Crippen MR) is 124 cm³/mol. The lowest BCUT2D eigenvalue weighted by molar-refractivity contribution is -0.512. The Morgan fingerprint density at radius 1 is 1.12 bits per heavy atom. The van der Waals surface area contributed by atoms with Gasteiger partial charge in [0, 0.05) is 17.4 Å². The Kier molecular flexibility index (Phi) is 6.24. The standard InChI is InChI=1S/C27H43O7/c1-23(2,32)9-8-22(31)26(5,33)21-7-11-27(34)16-12-18(28)17-13-19(29)20(30)14-24(17,3)15(16)6-10-25(21,27)4/h12,15,17,19-22,29-32,34H,6-11,13-14H2,1-5H3/q-1/t15?,17?,19-,20+,21+,22-,24?,25-,26-,27-/m1/s1. The van der Waals surface area contributed by atoms with Crippen LogP contribution < -0.4 is 5.11 Å². The molecule has 194 valence electrons. The average molecular weight is 480 g/mol. The lowest BCUT2D eigenvalue weighted by atomic mass is 9.45. The largest absolute Gasteiger partial charge is 0.848 e. The summed E-state index contributed by atoms with van der Waals surface area (Å²) in [5.74, 6) is -1.11. The summed E-state index contributed by atoms with van der Waals surface area (Å²) in [6, 6.07) is 0. The topological polar surface area (TPSA) is 141 Å². The fourth-order valence-corrected chi connectivity index (χ4v) is 8.30. The quantitative estimate of drug-likeness (QED) is 0.399. The Balaban J connectivity index is 1.66. The SMILES string of the molecule is CC(C)(O)CC[C@@H](O)[C@](C)([O-])[C@H]1CC[C@@]2(O)C3=CC(=O)C4C[C@@H](O)[C@@H](O)CC4(C)C3CC[C@]12C. The van der Waals surface area contributed by atoms with Crippen molar-refractivity contribution in [2.45, 2.75) is 121 Å². The number of aliphatic hydroxyl groups excluding tert-OH is 3. The van der Waals surface area contributed by atoms with Gasteiger partial charge < -0.3 is 30.6 Å². The number of allylic oxidation sites excluding steroid dienone is 1. The number of aliphatic hydroxyl groups is 5. The van der Waals surface area contributed by atoms with Crippen LogP contribution in [0.3, 0.4) is 0 Å². The summed E-state index contributed by atoms with van der Waals surface area (Å²) >= 11 is 0. The molecule has 34 heavy (non-hydrogen) atoms. The summed E-state index contributed by atoms with van der Waals surface area (Å²) in [5, 5.41) is 67.7. The van der Waals surface area contributed by atoms with E-state index in [0.717, 1.165) is 0 Å². The second-order valence-electron chi connectivity index (χ2n) is 13.1. The van der Waals surface area contributed by atoms with Gasteiger partial charge in [0.15, 0.2) is 5.78 Å². The smallest absolute Gasteiger partial charge is 0.159 e. The van der Waals surface area contributed by atoms with Gasteiger partial charge in [0.25, 0.3) is 0 Å². The molecule has 0 radical (unpaired) electrons. The van der Waals surface area contributed by atoms with E-state index < -0.39 is 57.8 Å². The first kappa shape index (κ1) is 26.2. The van der Waals surface area contributed by atoms with E-state index in [-0.39, 0.29) is 24.5 Å². The normalized spacial score (nSPS) is 47.2. The number of hydrogen-bond acceptors (Lipinski definition) is 7. The third-order valence-corrected chi connectivity index (χ3v) is 10.5. The molecule has 3 unspecified atom stereocenters. The summed E-state index contributed by atoms with van der Waals surface area (Å²) < 4.78 is 0. The van der Waals surface area contributed by atoms with Crippen LogP contribution in [0.2, 0.25) is 0 Å². The van der Waals surface area contributed by atoms with E-state index in [9.17, 15) is 35.4 Å². The molecule has 0 saturated heterocycles. The van der Waals surface area contributed by atoms with Crippen molar-refractivity contribution in [1.29, 1.82) is 0 Å².